The van der Waals surface area contributed by atoms with Crippen molar-refractivity contribution in [3.05, 3.63) is 42.0 Å². The quantitative estimate of drug-likeness (QED) is 0.925. The van der Waals surface area contributed by atoms with Crippen LogP contribution in [0.2, 0.25) is 0 Å². The summed E-state index contributed by atoms with van der Waals surface area (Å²) in [6, 6.07) is 10.3. The lowest BCUT2D eigenvalue weighted by Crippen LogP contribution is -2.24. The minimum absolute atomic E-state index is 0.116. The van der Waals surface area contributed by atoms with E-state index >= 15 is 0 Å². The number of hydrogen-bond donors (Lipinski definition) is 1. The standard InChI is InChI=1S/C17H18N2O4S/c1-19-8-2-3-12-9-13(4-6-15(12)19)18-24(20,21)14-5-7-16-17(10-14)23-11-22-16/h4-7,9-10,18H,2-3,8,11H2,1H3. The number of hydrogen-bond acceptors (Lipinski definition) is 5. The van der Waals surface area contributed by atoms with Gasteiger partial charge in [0.1, 0.15) is 0 Å². The predicted molar refractivity (Wildman–Crippen MR) is 91.4 cm³/mol. The normalized spacial score (nSPS) is 16.0. The molecule has 2 aliphatic heterocycles. The third kappa shape index (κ3) is 2.65. The van der Waals surface area contributed by atoms with Gasteiger partial charge in [-0.2, -0.15) is 0 Å². The molecule has 2 heterocycles. The predicted octanol–water partition coefficient (Wildman–Crippen LogP) is 2.60. The molecule has 4 rings (SSSR count). The van der Waals surface area contributed by atoms with Gasteiger partial charge >= 0.3 is 0 Å². The smallest absolute Gasteiger partial charge is 0.262 e. The van der Waals surface area contributed by atoms with Gasteiger partial charge in [0.2, 0.25) is 6.79 Å². The van der Waals surface area contributed by atoms with Gasteiger partial charge in [0.15, 0.2) is 11.5 Å². The Morgan fingerprint density at radius 3 is 2.79 bits per heavy atom. The Labute approximate surface area is 141 Å². The number of nitrogens with one attached hydrogen (secondary N) is 1. The number of fused-ring (bicyclic) bond motifs is 2. The van der Waals surface area contributed by atoms with Gasteiger partial charge in [-0.25, -0.2) is 8.42 Å². The highest BCUT2D eigenvalue weighted by Crippen LogP contribution is 2.35. The maximum Gasteiger partial charge on any atom is 0.262 e. The molecule has 0 fully saturated rings. The Morgan fingerprint density at radius 1 is 1.08 bits per heavy atom. The molecule has 0 amide bonds. The van der Waals surface area contributed by atoms with Gasteiger partial charge in [-0.1, -0.05) is 0 Å². The topological polar surface area (TPSA) is 67.9 Å². The summed E-state index contributed by atoms with van der Waals surface area (Å²) >= 11 is 0. The van der Waals surface area contributed by atoms with Gasteiger partial charge in [0, 0.05) is 31.0 Å². The molecule has 0 bridgehead atoms. The number of aryl methyl sites for hydroxylation is 1. The van der Waals surface area contributed by atoms with Crippen molar-refractivity contribution in [2.24, 2.45) is 0 Å². The SMILES string of the molecule is CN1CCCc2cc(NS(=O)(=O)c3ccc4c(c3)OCO4)ccc21. The number of ether oxygens (including phenoxy) is 2. The fraction of sp³-hybridized carbons (Fsp3) is 0.294. The molecule has 1 N–H and O–H groups in total. The first-order valence-electron chi connectivity index (χ1n) is 7.79. The van der Waals surface area contributed by atoms with Crippen LogP contribution in [0.1, 0.15) is 12.0 Å². The van der Waals surface area contributed by atoms with E-state index < -0.39 is 10.0 Å². The number of rotatable bonds is 3. The van der Waals surface area contributed by atoms with Crippen LogP contribution in [-0.2, 0) is 16.4 Å². The molecule has 0 saturated carbocycles. The molecular weight excluding hydrogens is 328 g/mol. The van der Waals surface area contributed by atoms with Crippen molar-refractivity contribution < 1.29 is 17.9 Å². The summed E-state index contributed by atoms with van der Waals surface area (Å²) in [4.78, 5) is 2.34. The Bertz CT molecular complexity index is 895. The summed E-state index contributed by atoms with van der Waals surface area (Å²) in [5.41, 5.74) is 2.89. The van der Waals surface area contributed by atoms with E-state index in [1.54, 1.807) is 12.1 Å². The maximum atomic E-state index is 12.6. The molecule has 0 aliphatic carbocycles. The summed E-state index contributed by atoms with van der Waals surface area (Å²) < 4.78 is 38.3. The molecule has 24 heavy (non-hydrogen) atoms. The van der Waals surface area contributed by atoms with Crippen molar-refractivity contribution >= 4 is 21.4 Å². The molecule has 2 aromatic rings. The maximum absolute atomic E-state index is 12.6. The van der Waals surface area contributed by atoms with E-state index in [1.165, 1.54) is 12.1 Å². The van der Waals surface area contributed by atoms with E-state index in [0.29, 0.717) is 17.2 Å². The van der Waals surface area contributed by atoms with Crippen molar-refractivity contribution in [1.82, 2.24) is 0 Å². The lowest BCUT2D eigenvalue weighted by atomic mass is 10.0. The van der Waals surface area contributed by atoms with Gasteiger partial charge in [-0.15, -0.1) is 0 Å². The average molecular weight is 346 g/mol. The molecule has 0 atom stereocenters. The highest BCUT2D eigenvalue weighted by Gasteiger charge is 2.21. The zero-order valence-corrected chi connectivity index (χ0v) is 14.1. The molecule has 0 saturated heterocycles. The van der Waals surface area contributed by atoms with Crippen molar-refractivity contribution in [1.29, 1.82) is 0 Å². The van der Waals surface area contributed by atoms with Crippen LogP contribution in [0.25, 0.3) is 0 Å². The van der Waals surface area contributed by atoms with Crippen molar-refractivity contribution in [3.63, 3.8) is 0 Å². The molecule has 126 valence electrons. The van der Waals surface area contributed by atoms with Crippen LogP contribution in [0.3, 0.4) is 0 Å². The van der Waals surface area contributed by atoms with Gasteiger partial charge in [0.25, 0.3) is 10.0 Å². The third-order valence-electron chi connectivity index (χ3n) is 4.34. The summed E-state index contributed by atoms with van der Waals surface area (Å²) in [7, 11) is -1.62. The summed E-state index contributed by atoms with van der Waals surface area (Å²) in [5, 5.41) is 0. The molecule has 7 heteroatoms. The van der Waals surface area contributed by atoms with E-state index in [1.807, 2.05) is 12.1 Å². The molecule has 0 spiro atoms. The van der Waals surface area contributed by atoms with Crippen LogP contribution in [-0.4, -0.2) is 28.8 Å². The highest BCUT2D eigenvalue weighted by molar-refractivity contribution is 7.92. The monoisotopic (exact) mass is 346 g/mol. The Morgan fingerprint density at radius 2 is 1.92 bits per heavy atom. The van der Waals surface area contributed by atoms with E-state index in [2.05, 4.69) is 16.7 Å². The second-order valence-corrected chi connectivity index (χ2v) is 7.67. The van der Waals surface area contributed by atoms with Crippen LogP contribution < -0.4 is 19.1 Å². The minimum atomic E-state index is -3.67. The Hall–Kier alpha value is -2.41. The van der Waals surface area contributed by atoms with Crippen LogP contribution >= 0.6 is 0 Å². The molecule has 0 radical (unpaired) electrons. The van der Waals surface area contributed by atoms with E-state index in [0.717, 1.165) is 30.6 Å². The lowest BCUT2D eigenvalue weighted by molar-refractivity contribution is 0.174. The minimum Gasteiger partial charge on any atom is -0.454 e. The molecular formula is C17H18N2O4S. The number of anilines is 2. The second-order valence-electron chi connectivity index (χ2n) is 5.99. The number of nitrogens with zero attached hydrogens (tertiary/aromatic N) is 1. The number of benzene rings is 2. The van der Waals surface area contributed by atoms with Gasteiger partial charge in [0.05, 0.1) is 4.90 Å². The van der Waals surface area contributed by atoms with E-state index in [4.69, 9.17) is 9.47 Å². The summed E-state index contributed by atoms with van der Waals surface area (Å²) in [5.74, 6) is 1.01. The molecule has 0 unspecified atom stereocenters. The summed E-state index contributed by atoms with van der Waals surface area (Å²) in [6.07, 6.45) is 2.03. The lowest BCUT2D eigenvalue weighted by Gasteiger charge is -2.27. The van der Waals surface area contributed by atoms with Crippen molar-refractivity contribution in [3.8, 4) is 11.5 Å². The average Bonchev–Trinajstić information content (AvgIpc) is 3.02. The first kappa shape index (κ1) is 15.1. The van der Waals surface area contributed by atoms with Gasteiger partial charge in [-0.3, -0.25) is 4.72 Å². The zero-order valence-electron chi connectivity index (χ0n) is 13.3. The third-order valence-corrected chi connectivity index (χ3v) is 5.72. The Balaban J connectivity index is 1.62. The second kappa shape index (κ2) is 5.59. The first-order chi connectivity index (χ1) is 11.5. The Kier molecular flexibility index (Phi) is 3.53. The van der Waals surface area contributed by atoms with Crippen LogP contribution in [0.5, 0.6) is 11.5 Å². The van der Waals surface area contributed by atoms with Crippen LogP contribution in [0.15, 0.2) is 41.3 Å². The zero-order chi connectivity index (χ0) is 16.7. The van der Waals surface area contributed by atoms with Gasteiger partial charge < -0.3 is 14.4 Å². The van der Waals surface area contributed by atoms with Crippen LogP contribution in [0, 0.1) is 0 Å². The fourth-order valence-corrected chi connectivity index (χ4v) is 4.17. The number of sulfonamides is 1. The first-order valence-corrected chi connectivity index (χ1v) is 9.28. The van der Waals surface area contributed by atoms with Crippen molar-refractivity contribution in [2.75, 3.05) is 30.0 Å². The molecule has 0 aromatic heterocycles. The van der Waals surface area contributed by atoms with Crippen molar-refractivity contribution in [2.45, 2.75) is 17.7 Å². The highest BCUT2D eigenvalue weighted by atomic mass is 32.2. The molecule has 2 aliphatic rings. The fourth-order valence-electron chi connectivity index (χ4n) is 3.11. The van der Waals surface area contributed by atoms with Crippen LogP contribution in [0.4, 0.5) is 11.4 Å². The molecule has 6 nitrogen and oxygen atoms in total. The van der Waals surface area contributed by atoms with E-state index in [9.17, 15) is 8.42 Å². The van der Waals surface area contributed by atoms with E-state index in [-0.39, 0.29) is 11.7 Å². The summed E-state index contributed by atoms with van der Waals surface area (Å²) in [6.45, 7) is 1.14. The molecule has 2 aromatic carbocycles. The van der Waals surface area contributed by atoms with Gasteiger partial charge in [-0.05, 0) is 48.7 Å². The largest absolute Gasteiger partial charge is 0.454 e.